The van der Waals surface area contributed by atoms with E-state index in [0.29, 0.717) is 22.7 Å². The molecule has 0 saturated heterocycles. The van der Waals surface area contributed by atoms with Crippen LogP contribution in [-0.4, -0.2) is 33.6 Å². The lowest BCUT2D eigenvalue weighted by molar-refractivity contribution is 0.0696. The van der Waals surface area contributed by atoms with E-state index in [1.54, 1.807) is 12.1 Å². The Morgan fingerprint density at radius 2 is 2.10 bits per heavy atom. The predicted molar refractivity (Wildman–Crippen MR) is 88.5 cm³/mol. The summed E-state index contributed by atoms with van der Waals surface area (Å²) >= 11 is 1.89. The molecule has 1 aromatic rings. The molecule has 0 bridgehead atoms. The molecule has 0 amide bonds. The first-order valence-electron chi connectivity index (χ1n) is 7.56. The molecule has 2 N–H and O–H groups in total. The van der Waals surface area contributed by atoms with Gasteiger partial charge in [-0.25, -0.2) is 9.78 Å². The van der Waals surface area contributed by atoms with Crippen LogP contribution in [0.1, 0.15) is 61.5 Å². The van der Waals surface area contributed by atoms with E-state index < -0.39 is 5.97 Å². The lowest BCUT2D eigenvalue weighted by Crippen LogP contribution is -2.34. The van der Waals surface area contributed by atoms with Gasteiger partial charge in [-0.15, -0.1) is 0 Å². The van der Waals surface area contributed by atoms with Gasteiger partial charge in [-0.3, -0.25) is 0 Å². The molecule has 0 aromatic carbocycles. The van der Waals surface area contributed by atoms with Gasteiger partial charge in [-0.1, -0.05) is 26.7 Å². The Kier molecular flexibility index (Phi) is 5.51. The van der Waals surface area contributed by atoms with Crippen molar-refractivity contribution in [2.45, 2.75) is 56.7 Å². The molecule has 2 rings (SSSR count). The fourth-order valence-corrected chi connectivity index (χ4v) is 3.71. The highest BCUT2D eigenvalue weighted by atomic mass is 32.2. The Bertz CT molecular complexity index is 505. The smallest absolute Gasteiger partial charge is 0.335 e. The number of pyridine rings is 1. The normalized spacial score (nSPS) is 22.3. The van der Waals surface area contributed by atoms with E-state index in [1.165, 1.54) is 19.3 Å². The minimum absolute atomic E-state index is 0.215. The fraction of sp³-hybridized carbons (Fsp3) is 0.625. The van der Waals surface area contributed by atoms with E-state index in [2.05, 4.69) is 16.6 Å². The maximum Gasteiger partial charge on any atom is 0.335 e. The van der Waals surface area contributed by atoms with Crippen molar-refractivity contribution in [2.24, 2.45) is 0 Å². The van der Waals surface area contributed by atoms with Gasteiger partial charge in [0.25, 0.3) is 0 Å². The molecule has 0 radical (unpaired) electrons. The molecule has 0 aliphatic heterocycles. The van der Waals surface area contributed by atoms with Crippen molar-refractivity contribution < 1.29 is 9.90 Å². The van der Waals surface area contributed by atoms with Crippen LogP contribution in [0.15, 0.2) is 12.1 Å². The zero-order chi connectivity index (χ0) is 15.4. The highest BCUT2D eigenvalue weighted by molar-refractivity contribution is 7.99. The largest absolute Gasteiger partial charge is 0.478 e. The molecular formula is C16H24N2O2S. The Balaban J connectivity index is 2.23. The summed E-state index contributed by atoms with van der Waals surface area (Å²) in [6, 6.07) is 3.70. The number of nitrogens with one attached hydrogen (secondary N) is 1. The lowest BCUT2D eigenvalue weighted by atomic mass is 9.95. The first-order chi connectivity index (χ1) is 10.0. The standard InChI is InChI=1S/C16H24N2O2S/c1-10(2)13-8-11(16(19)20)9-15(18-13)17-12-6-4-5-7-14(12)21-3/h8-10,12,14H,4-7H2,1-3H3,(H,17,18)(H,19,20). The molecule has 4 nitrogen and oxygen atoms in total. The van der Waals surface area contributed by atoms with E-state index in [9.17, 15) is 9.90 Å². The van der Waals surface area contributed by atoms with Gasteiger partial charge in [-0.2, -0.15) is 11.8 Å². The van der Waals surface area contributed by atoms with Gasteiger partial charge in [0.15, 0.2) is 0 Å². The van der Waals surface area contributed by atoms with Gasteiger partial charge in [0.2, 0.25) is 0 Å². The number of aromatic carboxylic acids is 1. The average molecular weight is 308 g/mol. The van der Waals surface area contributed by atoms with Crippen molar-refractivity contribution in [1.29, 1.82) is 0 Å². The molecule has 2 unspecified atom stereocenters. The SMILES string of the molecule is CSC1CCCCC1Nc1cc(C(=O)O)cc(C(C)C)n1. The summed E-state index contributed by atoms with van der Waals surface area (Å²) in [6.07, 6.45) is 7.00. The summed E-state index contributed by atoms with van der Waals surface area (Å²) in [6.45, 7) is 4.06. The Morgan fingerprint density at radius 1 is 1.38 bits per heavy atom. The minimum atomic E-state index is -0.896. The van der Waals surface area contributed by atoms with Crippen LogP contribution in [0.25, 0.3) is 0 Å². The van der Waals surface area contributed by atoms with Crippen LogP contribution in [0.5, 0.6) is 0 Å². The Hall–Kier alpha value is -1.23. The van der Waals surface area contributed by atoms with E-state index in [1.807, 2.05) is 25.6 Å². The second-order valence-corrected chi connectivity index (χ2v) is 7.01. The summed E-state index contributed by atoms with van der Waals surface area (Å²) in [5, 5.41) is 13.3. The molecule has 5 heteroatoms. The fourth-order valence-electron chi connectivity index (χ4n) is 2.78. The molecule has 116 valence electrons. The summed E-state index contributed by atoms with van der Waals surface area (Å²) in [4.78, 5) is 15.9. The third-order valence-electron chi connectivity index (χ3n) is 4.02. The van der Waals surface area contributed by atoms with Gasteiger partial charge in [-0.05, 0) is 37.1 Å². The van der Waals surface area contributed by atoms with Gasteiger partial charge in [0.1, 0.15) is 5.82 Å². The number of aromatic nitrogens is 1. The van der Waals surface area contributed by atoms with E-state index in [4.69, 9.17) is 0 Å². The van der Waals surface area contributed by atoms with Crippen molar-refractivity contribution in [3.63, 3.8) is 0 Å². The van der Waals surface area contributed by atoms with Crippen molar-refractivity contribution in [3.05, 3.63) is 23.4 Å². The number of rotatable bonds is 5. The topological polar surface area (TPSA) is 62.2 Å². The number of nitrogens with zero attached hydrogens (tertiary/aromatic N) is 1. The Morgan fingerprint density at radius 3 is 2.71 bits per heavy atom. The van der Waals surface area contributed by atoms with Gasteiger partial charge >= 0.3 is 5.97 Å². The Labute approximate surface area is 130 Å². The summed E-state index contributed by atoms with van der Waals surface area (Å²) in [5.74, 6) is 0.0181. The zero-order valence-electron chi connectivity index (χ0n) is 12.9. The van der Waals surface area contributed by atoms with Crippen LogP contribution in [0.4, 0.5) is 5.82 Å². The van der Waals surface area contributed by atoms with E-state index in [0.717, 1.165) is 12.1 Å². The van der Waals surface area contributed by atoms with Crippen molar-refractivity contribution in [3.8, 4) is 0 Å². The predicted octanol–water partition coefficient (Wildman–Crippen LogP) is 3.99. The first-order valence-corrected chi connectivity index (χ1v) is 8.84. The highest BCUT2D eigenvalue weighted by Gasteiger charge is 2.25. The molecule has 1 aliphatic rings. The van der Waals surface area contributed by atoms with Crippen LogP contribution in [0.3, 0.4) is 0 Å². The van der Waals surface area contributed by atoms with Crippen LogP contribution in [0, 0.1) is 0 Å². The van der Waals surface area contributed by atoms with Gasteiger partial charge in [0, 0.05) is 17.0 Å². The van der Waals surface area contributed by atoms with Crippen molar-refractivity contribution >= 4 is 23.5 Å². The highest BCUT2D eigenvalue weighted by Crippen LogP contribution is 2.29. The van der Waals surface area contributed by atoms with E-state index in [-0.39, 0.29) is 5.92 Å². The number of carboxylic acid groups (broad SMARTS) is 1. The number of hydrogen-bond donors (Lipinski definition) is 2. The third-order valence-corrected chi connectivity index (χ3v) is 5.19. The van der Waals surface area contributed by atoms with Crippen LogP contribution in [-0.2, 0) is 0 Å². The monoisotopic (exact) mass is 308 g/mol. The molecule has 0 spiro atoms. The van der Waals surface area contributed by atoms with Crippen LogP contribution < -0.4 is 5.32 Å². The molecule has 1 saturated carbocycles. The van der Waals surface area contributed by atoms with Crippen LogP contribution in [0.2, 0.25) is 0 Å². The average Bonchev–Trinajstić information content (AvgIpc) is 2.47. The van der Waals surface area contributed by atoms with Gasteiger partial charge in [0.05, 0.1) is 5.56 Å². The molecule has 2 atom stereocenters. The quantitative estimate of drug-likeness (QED) is 0.861. The second kappa shape index (κ2) is 7.16. The lowest BCUT2D eigenvalue weighted by Gasteiger charge is -2.31. The number of carbonyl (C=O) groups is 1. The third kappa shape index (κ3) is 4.13. The maximum absolute atomic E-state index is 11.3. The maximum atomic E-state index is 11.3. The molecule has 21 heavy (non-hydrogen) atoms. The summed E-state index contributed by atoms with van der Waals surface area (Å²) in [7, 11) is 0. The molecule has 1 aromatic heterocycles. The molecule has 1 aliphatic carbocycles. The molecular weight excluding hydrogens is 284 g/mol. The minimum Gasteiger partial charge on any atom is -0.478 e. The summed E-state index contributed by atoms with van der Waals surface area (Å²) < 4.78 is 0. The van der Waals surface area contributed by atoms with Crippen molar-refractivity contribution in [2.75, 3.05) is 11.6 Å². The summed E-state index contributed by atoms with van der Waals surface area (Å²) in [5.41, 5.74) is 1.14. The van der Waals surface area contributed by atoms with E-state index >= 15 is 0 Å². The second-order valence-electron chi connectivity index (χ2n) is 5.94. The zero-order valence-corrected chi connectivity index (χ0v) is 13.7. The van der Waals surface area contributed by atoms with Gasteiger partial charge < -0.3 is 10.4 Å². The first kappa shape index (κ1) is 16.1. The number of anilines is 1. The number of hydrogen-bond acceptors (Lipinski definition) is 4. The molecule has 1 fully saturated rings. The number of thioether (sulfide) groups is 1. The van der Waals surface area contributed by atoms with Crippen molar-refractivity contribution in [1.82, 2.24) is 4.98 Å². The number of carboxylic acids is 1. The molecule has 1 heterocycles. The van der Waals surface area contributed by atoms with Crippen LogP contribution >= 0.6 is 11.8 Å².